The Balaban J connectivity index is 2.65. The number of nitrogens with zero attached hydrogens (tertiary/aromatic N) is 1. The fourth-order valence-corrected chi connectivity index (χ4v) is 2.34. The first kappa shape index (κ1) is 13.9. The normalized spacial score (nSPS) is 23.8. The summed E-state index contributed by atoms with van der Waals surface area (Å²) < 4.78 is 0. The number of hydrogen-bond acceptors (Lipinski definition) is 4. The lowest BCUT2D eigenvalue weighted by Crippen LogP contribution is -2.53. The molecule has 1 fully saturated rings. The van der Waals surface area contributed by atoms with Crippen LogP contribution in [0.5, 0.6) is 0 Å². The van der Waals surface area contributed by atoms with Gasteiger partial charge in [0.2, 0.25) is 5.91 Å². The molecule has 1 heterocycles. The molecule has 1 aliphatic heterocycles. The fourth-order valence-electron chi connectivity index (χ4n) is 2.34. The quantitative estimate of drug-likeness (QED) is 0.636. The largest absolute Gasteiger partial charge is 0.351 e. The van der Waals surface area contributed by atoms with Gasteiger partial charge in [0.25, 0.3) is 0 Å². The van der Waals surface area contributed by atoms with Crippen LogP contribution in [-0.4, -0.2) is 42.0 Å². The summed E-state index contributed by atoms with van der Waals surface area (Å²) >= 11 is 0. The number of likely N-dealkylation sites (tertiary alicyclic amines) is 1. The molecule has 2 atom stereocenters. The van der Waals surface area contributed by atoms with Crippen molar-refractivity contribution in [3.63, 3.8) is 0 Å². The Labute approximate surface area is 102 Å². The van der Waals surface area contributed by atoms with Gasteiger partial charge in [-0.3, -0.25) is 15.0 Å². The number of urea groups is 1. The number of primary amides is 1. The molecule has 1 saturated heterocycles. The van der Waals surface area contributed by atoms with Gasteiger partial charge in [0.1, 0.15) is 0 Å². The first-order valence-corrected chi connectivity index (χ1v) is 6.12. The molecule has 0 aromatic carbocycles. The molecule has 0 radical (unpaired) electrons. The van der Waals surface area contributed by atoms with Crippen molar-refractivity contribution in [2.45, 2.75) is 44.7 Å². The van der Waals surface area contributed by atoms with E-state index in [-0.39, 0.29) is 18.0 Å². The van der Waals surface area contributed by atoms with Gasteiger partial charge >= 0.3 is 6.03 Å². The van der Waals surface area contributed by atoms with E-state index in [0.29, 0.717) is 6.54 Å². The molecule has 5 N–H and O–H groups in total. The highest BCUT2D eigenvalue weighted by atomic mass is 16.2. The van der Waals surface area contributed by atoms with E-state index < -0.39 is 6.03 Å². The van der Waals surface area contributed by atoms with Crippen LogP contribution >= 0.6 is 0 Å². The minimum Gasteiger partial charge on any atom is -0.351 e. The van der Waals surface area contributed by atoms with Gasteiger partial charge in [-0.1, -0.05) is 12.8 Å². The van der Waals surface area contributed by atoms with E-state index in [1.807, 2.05) is 0 Å². The summed E-state index contributed by atoms with van der Waals surface area (Å²) in [6.07, 6.45) is 4.37. The van der Waals surface area contributed by atoms with Crippen LogP contribution < -0.4 is 16.8 Å². The van der Waals surface area contributed by atoms with E-state index in [9.17, 15) is 9.59 Å². The second-order valence-electron chi connectivity index (χ2n) is 4.51. The topological polar surface area (TPSA) is 101 Å². The molecule has 98 valence electrons. The summed E-state index contributed by atoms with van der Waals surface area (Å²) in [7, 11) is 0. The van der Waals surface area contributed by atoms with Crippen molar-refractivity contribution in [1.29, 1.82) is 0 Å². The molecule has 0 aromatic heterocycles. The van der Waals surface area contributed by atoms with Gasteiger partial charge in [-0.15, -0.1) is 0 Å². The Hall–Kier alpha value is -1.14. The van der Waals surface area contributed by atoms with E-state index in [2.05, 4.69) is 10.2 Å². The van der Waals surface area contributed by atoms with Crippen LogP contribution in [0, 0.1) is 0 Å². The molecule has 6 heteroatoms. The van der Waals surface area contributed by atoms with Crippen molar-refractivity contribution in [2.75, 3.05) is 13.1 Å². The Morgan fingerprint density at radius 2 is 2.12 bits per heavy atom. The van der Waals surface area contributed by atoms with Crippen LogP contribution in [0.15, 0.2) is 0 Å². The molecule has 0 aromatic rings. The Kier molecular flexibility index (Phi) is 5.37. The lowest BCUT2D eigenvalue weighted by atomic mass is 10.1. The summed E-state index contributed by atoms with van der Waals surface area (Å²) in [5.41, 5.74) is 10.7. The average Bonchev–Trinajstić information content (AvgIpc) is 2.51. The van der Waals surface area contributed by atoms with Crippen molar-refractivity contribution in [3.8, 4) is 0 Å². The van der Waals surface area contributed by atoms with E-state index in [0.717, 1.165) is 32.2 Å². The molecule has 3 amide bonds. The monoisotopic (exact) mass is 242 g/mol. The highest BCUT2D eigenvalue weighted by molar-refractivity contribution is 5.96. The van der Waals surface area contributed by atoms with Crippen molar-refractivity contribution >= 4 is 11.9 Å². The number of amides is 3. The average molecular weight is 242 g/mol. The molecule has 17 heavy (non-hydrogen) atoms. The molecule has 2 unspecified atom stereocenters. The summed E-state index contributed by atoms with van der Waals surface area (Å²) in [5, 5.41) is 2.12. The van der Waals surface area contributed by atoms with Gasteiger partial charge in [-0.25, -0.2) is 4.79 Å². The molecular formula is C11H22N4O2. The molecule has 1 rings (SSSR count). The predicted octanol–water partition coefficient (Wildman–Crippen LogP) is -0.227. The SMILES string of the molecule is CC(C(=O)NC(N)=O)N1CCCCCC1CN. The summed E-state index contributed by atoms with van der Waals surface area (Å²) in [5.74, 6) is -0.349. The fraction of sp³-hybridized carbons (Fsp3) is 0.818. The smallest absolute Gasteiger partial charge is 0.318 e. The van der Waals surface area contributed by atoms with E-state index in [1.54, 1.807) is 6.92 Å². The molecule has 0 spiro atoms. The lowest BCUT2D eigenvalue weighted by molar-refractivity contribution is -0.125. The van der Waals surface area contributed by atoms with Gasteiger partial charge in [-0.2, -0.15) is 0 Å². The molecule has 1 aliphatic rings. The maximum absolute atomic E-state index is 11.7. The number of imide groups is 1. The number of nitrogens with two attached hydrogens (primary N) is 2. The van der Waals surface area contributed by atoms with Crippen LogP contribution in [0.2, 0.25) is 0 Å². The van der Waals surface area contributed by atoms with Gasteiger partial charge in [0, 0.05) is 12.6 Å². The standard InChI is InChI=1S/C11H22N4O2/c1-8(10(16)14-11(13)17)15-6-4-2-3-5-9(15)7-12/h8-9H,2-7,12H2,1H3,(H3,13,14,16,17). The zero-order valence-electron chi connectivity index (χ0n) is 10.3. The zero-order chi connectivity index (χ0) is 12.8. The second-order valence-corrected chi connectivity index (χ2v) is 4.51. The van der Waals surface area contributed by atoms with Gasteiger partial charge in [0.05, 0.1) is 6.04 Å². The Bertz CT molecular complexity index is 283. The minimum atomic E-state index is -0.805. The van der Waals surface area contributed by atoms with Gasteiger partial charge in [0.15, 0.2) is 0 Å². The molecule has 0 saturated carbocycles. The minimum absolute atomic E-state index is 0.214. The lowest BCUT2D eigenvalue weighted by Gasteiger charge is -2.33. The first-order chi connectivity index (χ1) is 8.06. The van der Waals surface area contributed by atoms with Crippen molar-refractivity contribution in [2.24, 2.45) is 11.5 Å². The predicted molar refractivity (Wildman–Crippen MR) is 65.2 cm³/mol. The number of carbonyl (C=O) groups excluding carboxylic acids is 2. The molecule has 0 bridgehead atoms. The van der Waals surface area contributed by atoms with E-state index >= 15 is 0 Å². The maximum Gasteiger partial charge on any atom is 0.318 e. The number of nitrogens with one attached hydrogen (secondary N) is 1. The van der Waals surface area contributed by atoms with E-state index in [4.69, 9.17) is 11.5 Å². The first-order valence-electron chi connectivity index (χ1n) is 6.12. The van der Waals surface area contributed by atoms with Crippen molar-refractivity contribution in [1.82, 2.24) is 10.2 Å². The summed E-state index contributed by atoms with van der Waals surface area (Å²) in [6, 6.07) is -0.957. The maximum atomic E-state index is 11.7. The third kappa shape index (κ3) is 3.98. The highest BCUT2D eigenvalue weighted by Gasteiger charge is 2.28. The number of hydrogen-bond donors (Lipinski definition) is 3. The second kappa shape index (κ2) is 6.56. The molecule has 6 nitrogen and oxygen atoms in total. The van der Waals surface area contributed by atoms with Gasteiger partial charge in [-0.05, 0) is 26.3 Å². The van der Waals surface area contributed by atoms with E-state index in [1.165, 1.54) is 0 Å². The third-order valence-corrected chi connectivity index (χ3v) is 3.32. The van der Waals surface area contributed by atoms with Gasteiger partial charge < -0.3 is 11.5 Å². The van der Waals surface area contributed by atoms with Crippen molar-refractivity contribution < 1.29 is 9.59 Å². The highest BCUT2D eigenvalue weighted by Crippen LogP contribution is 2.18. The molecule has 0 aliphatic carbocycles. The molecular weight excluding hydrogens is 220 g/mol. The Morgan fingerprint density at radius 3 is 2.71 bits per heavy atom. The van der Waals surface area contributed by atoms with Crippen LogP contribution in [0.1, 0.15) is 32.6 Å². The van der Waals surface area contributed by atoms with Crippen molar-refractivity contribution in [3.05, 3.63) is 0 Å². The van der Waals surface area contributed by atoms with Crippen LogP contribution in [0.4, 0.5) is 4.79 Å². The van der Waals surface area contributed by atoms with Crippen LogP contribution in [-0.2, 0) is 4.79 Å². The third-order valence-electron chi connectivity index (χ3n) is 3.32. The zero-order valence-corrected chi connectivity index (χ0v) is 10.3. The number of carbonyl (C=O) groups is 2. The Morgan fingerprint density at radius 1 is 1.41 bits per heavy atom. The summed E-state index contributed by atoms with van der Waals surface area (Å²) in [4.78, 5) is 24.5. The number of rotatable bonds is 3. The summed E-state index contributed by atoms with van der Waals surface area (Å²) in [6.45, 7) is 3.16. The van der Waals surface area contributed by atoms with Crippen LogP contribution in [0.3, 0.4) is 0 Å². The van der Waals surface area contributed by atoms with Crippen LogP contribution in [0.25, 0.3) is 0 Å².